The fraction of sp³-hybridized carbons (Fsp3) is 0.312. The molecule has 0 amide bonds. The molecule has 24 heavy (non-hydrogen) atoms. The second-order valence-corrected chi connectivity index (χ2v) is 8.28. The van der Waals surface area contributed by atoms with Crippen molar-refractivity contribution in [2.45, 2.75) is 11.4 Å². The molecule has 5 nitrogen and oxygen atoms in total. The molecule has 1 aliphatic heterocycles. The maximum Gasteiger partial charge on any atom is 0.246 e. The average molecular weight is 386 g/mol. The largest absolute Gasteiger partial charge is 0.296 e. The van der Waals surface area contributed by atoms with E-state index < -0.39 is 10.0 Å². The first-order valence-corrected chi connectivity index (χ1v) is 9.73. The molecule has 8 heteroatoms. The summed E-state index contributed by atoms with van der Waals surface area (Å²) in [4.78, 5) is 6.30. The summed E-state index contributed by atoms with van der Waals surface area (Å²) in [6.45, 7) is 2.87. The second kappa shape index (κ2) is 7.37. The van der Waals surface area contributed by atoms with E-state index in [1.165, 1.54) is 4.31 Å². The molecule has 3 rings (SSSR count). The average Bonchev–Trinajstić information content (AvgIpc) is 2.56. The minimum Gasteiger partial charge on any atom is -0.296 e. The molecule has 2 aromatic rings. The van der Waals surface area contributed by atoms with Crippen LogP contribution in [0.4, 0.5) is 0 Å². The Hall–Kier alpha value is -1.18. The lowest BCUT2D eigenvalue weighted by atomic mass is 10.2. The predicted molar refractivity (Wildman–Crippen MR) is 94.7 cm³/mol. The summed E-state index contributed by atoms with van der Waals surface area (Å²) < 4.78 is 27.1. The number of hydrogen-bond acceptors (Lipinski definition) is 4. The van der Waals surface area contributed by atoms with Gasteiger partial charge in [-0.15, -0.1) is 0 Å². The van der Waals surface area contributed by atoms with Crippen molar-refractivity contribution in [1.29, 1.82) is 0 Å². The van der Waals surface area contributed by atoms with Gasteiger partial charge in [-0.1, -0.05) is 35.3 Å². The number of benzene rings is 1. The smallest absolute Gasteiger partial charge is 0.246 e. The zero-order valence-electron chi connectivity index (χ0n) is 12.9. The zero-order chi connectivity index (χ0) is 17.2. The first-order chi connectivity index (χ1) is 11.5. The van der Waals surface area contributed by atoms with Crippen molar-refractivity contribution in [3.8, 4) is 0 Å². The normalized spacial score (nSPS) is 17.1. The number of hydrogen-bond donors (Lipinski definition) is 0. The molecule has 0 atom stereocenters. The van der Waals surface area contributed by atoms with Crippen LogP contribution in [0.2, 0.25) is 10.0 Å². The number of rotatable bonds is 4. The molecule has 0 spiro atoms. The van der Waals surface area contributed by atoms with E-state index >= 15 is 0 Å². The van der Waals surface area contributed by atoms with E-state index in [0.717, 1.165) is 12.1 Å². The van der Waals surface area contributed by atoms with E-state index in [4.69, 9.17) is 23.2 Å². The monoisotopic (exact) mass is 385 g/mol. The van der Waals surface area contributed by atoms with Gasteiger partial charge in [-0.2, -0.15) is 4.31 Å². The van der Waals surface area contributed by atoms with E-state index in [1.807, 2.05) is 18.3 Å². The van der Waals surface area contributed by atoms with Crippen LogP contribution in [0.3, 0.4) is 0 Å². The van der Waals surface area contributed by atoms with Gasteiger partial charge in [-0.3, -0.25) is 9.88 Å². The maximum atomic E-state index is 12.8. The lowest BCUT2D eigenvalue weighted by Crippen LogP contribution is -2.48. The molecule has 0 N–H and O–H groups in total. The van der Waals surface area contributed by atoms with Crippen molar-refractivity contribution in [2.24, 2.45) is 0 Å². The van der Waals surface area contributed by atoms with Gasteiger partial charge in [0.2, 0.25) is 10.0 Å². The number of halogens is 2. The van der Waals surface area contributed by atoms with Crippen LogP contribution in [0.1, 0.15) is 5.56 Å². The van der Waals surface area contributed by atoms with E-state index in [2.05, 4.69) is 9.88 Å². The third kappa shape index (κ3) is 3.73. The number of piperazine rings is 1. The molecule has 0 saturated carbocycles. The highest BCUT2D eigenvalue weighted by molar-refractivity contribution is 7.89. The molecule has 0 bridgehead atoms. The van der Waals surface area contributed by atoms with Gasteiger partial charge in [0.05, 0.1) is 10.0 Å². The van der Waals surface area contributed by atoms with E-state index in [0.29, 0.717) is 26.2 Å². The third-order valence-electron chi connectivity index (χ3n) is 3.98. The Morgan fingerprint density at radius 1 is 1.00 bits per heavy atom. The van der Waals surface area contributed by atoms with Crippen molar-refractivity contribution >= 4 is 33.2 Å². The summed E-state index contributed by atoms with van der Waals surface area (Å²) in [5.74, 6) is 0. The minimum absolute atomic E-state index is 0.00552. The van der Waals surface area contributed by atoms with Crippen LogP contribution in [0, 0.1) is 0 Å². The summed E-state index contributed by atoms with van der Waals surface area (Å²) in [5, 5.41) is 0.306. The topological polar surface area (TPSA) is 53.5 Å². The standard InChI is InChI=1S/C16H17Cl2N3O2S/c17-14-4-1-5-15(18)16(14)24(22,23)21-9-7-20(8-10-21)12-13-3-2-6-19-11-13/h1-6,11H,7-10,12H2. The van der Waals surface area contributed by atoms with Crippen LogP contribution in [0.25, 0.3) is 0 Å². The van der Waals surface area contributed by atoms with Gasteiger partial charge in [0.15, 0.2) is 0 Å². The molecule has 0 aliphatic carbocycles. The Balaban J connectivity index is 1.70. The Morgan fingerprint density at radius 2 is 1.67 bits per heavy atom. The Bertz CT molecular complexity index is 787. The number of pyridine rings is 1. The van der Waals surface area contributed by atoms with Gasteiger partial charge in [0, 0.05) is 45.1 Å². The first kappa shape index (κ1) is 17.6. The van der Waals surface area contributed by atoms with Crippen LogP contribution < -0.4 is 0 Å². The summed E-state index contributed by atoms with van der Waals surface area (Å²) >= 11 is 12.1. The number of nitrogens with zero attached hydrogens (tertiary/aromatic N) is 3. The van der Waals surface area contributed by atoms with Gasteiger partial charge >= 0.3 is 0 Å². The van der Waals surface area contributed by atoms with Gasteiger partial charge in [-0.25, -0.2) is 8.42 Å². The van der Waals surface area contributed by atoms with E-state index in [-0.39, 0.29) is 14.9 Å². The molecule has 0 unspecified atom stereocenters. The first-order valence-electron chi connectivity index (χ1n) is 7.54. The van der Waals surface area contributed by atoms with E-state index in [1.54, 1.807) is 24.4 Å². The molecule has 1 aliphatic rings. The fourth-order valence-corrected chi connectivity index (χ4v) is 5.25. The quantitative estimate of drug-likeness (QED) is 0.811. The highest BCUT2D eigenvalue weighted by atomic mass is 35.5. The SMILES string of the molecule is O=S(=O)(c1c(Cl)cccc1Cl)N1CCN(Cc2cccnc2)CC1. The lowest BCUT2D eigenvalue weighted by Gasteiger charge is -2.34. The molecular formula is C16H17Cl2N3O2S. The van der Waals surface area contributed by atoms with Crippen LogP contribution in [0.5, 0.6) is 0 Å². The van der Waals surface area contributed by atoms with Gasteiger partial charge in [0.1, 0.15) is 4.90 Å². The lowest BCUT2D eigenvalue weighted by molar-refractivity contribution is 0.181. The zero-order valence-corrected chi connectivity index (χ0v) is 15.2. The van der Waals surface area contributed by atoms with Crippen molar-refractivity contribution in [2.75, 3.05) is 26.2 Å². The molecule has 0 radical (unpaired) electrons. The Labute approximate surface area is 151 Å². The minimum atomic E-state index is -3.69. The summed E-state index contributed by atoms with van der Waals surface area (Å²) in [7, 11) is -3.69. The fourth-order valence-electron chi connectivity index (χ4n) is 2.74. The summed E-state index contributed by atoms with van der Waals surface area (Å²) in [6, 6.07) is 8.63. The molecule has 1 saturated heterocycles. The van der Waals surface area contributed by atoms with Crippen LogP contribution >= 0.6 is 23.2 Å². The van der Waals surface area contributed by atoms with Gasteiger partial charge in [-0.05, 0) is 23.8 Å². The Kier molecular flexibility index (Phi) is 5.42. The highest BCUT2D eigenvalue weighted by Gasteiger charge is 2.31. The van der Waals surface area contributed by atoms with Crippen molar-refractivity contribution in [3.63, 3.8) is 0 Å². The van der Waals surface area contributed by atoms with Crippen molar-refractivity contribution in [1.82, 2.24) is 14.2 Å². The van der Waals surface area contributed by atoms with Gasteiger partial charge < -0.3 is 0 Å². The molecule has 128 valence electrons. The number of aromatic nitrogens is 1. The molecule has 1 aromatic heterocycles. The van der Waals surface area contributed by atoms with Crippen LogP contribution in [0.15, 0.2) is 47.6 Å². The predicted octanol–water partition coefficient (Wildman–Crippen LogP) is 2.89. The second-order valence-electron chi connectivity index (χ2n) is 5.59. The highest BCUT2D eigenvalue weighted by Crippen LogP contribution is 2.31. The van der Waals surface area contributed by atoms with E-state index in [9.17, 15) is 8.42 Å². The van der Waals surface area contributed by atoms with Crippen molar-refractivity contribution in [3.05, 3.63) is 58.3 Å². The maximum absolute atomic E-state index is 12.8. The third-order valence-corrected chi connectivity index (χ3v) is 6.83. The molecule has 1 aromatic carbocycles. The molecule has 2 heterocycles. The Morgan fingerprint density at radius 3 is 2.25 bits per heavy atom. The molecular weight excluding hydrogens is 369 g/mol. The van der Waals surface area contributed by atoms with Crippen LogP contribution in [-0.2, 0) is 16.6 Å². The van der Waals surface area contributed by atoms with Crippen LogP contribution in [-0.4, -0.2) is 48.8 Å². The number of sulfonamides is 1. The molecule has 1 fully saturated rings. The summed E-state index contributed by atoms with van der Waals surface area (Å²) in [5.41, 5.74) is 1.11. The van der Waals surface area contributed by atoms with Crippen molar-refractivity contribution < 1.29 is 8.42 Å². The summed E-state index contributed by atoms with van der Waals surface area (Å²) in [6.07, 6.45) is 3.56. The van der Waals surface area contributed by atoms with Gasteiger partial charge in [0.25, 0.3) is 0 Å².